The van der Waals surface area contributed by atoms with Crippen LogP contribution >= 0.6 is 0 Å². The molecule has 0 atom stereocenters. The summed E-state index contributed by atoms with van der Waals surface area (Å²) in [5, 5.41) is 0. The second-order valence-electron chi connectivity index (χ2n) is 12.7. The first-order valence-electron chi connectivity index (χ1n) is 13.7. The Morgan fingerprint density at radius 3 is 1.75 bits per heavy atom. The van der Waals surface area contributed by atoms with Crippen LogP contribution in [-0.4, -0.2) is 3.26 Å². The Morgan fingerprint density at radius 1 is 0.775 bits per heavy atom. The van der Waals surface area contributed by atoms with Gasteiger partial charge in [-0.3, -0.25) is 0 Å². The van der Waals surface area contributed by atoms with Crippen LogP contribution in [-0.2, 0) is 41.1 Å². The van der Waals surface area contributed by atoms with Crippen LogP contribution in [0.3, 0.4) is 0 Å². The molecule has 4 aromatic rings. The van der Waals surface area contributed by atoms with Crippen LogP contribution in [0.15, 0.2) is 72.8 Å². The normalized spacial score (nSPS) is 11.4. The van der Waals surface area contributed by atoms with Crippen molar-refractivity contribution in [2.75, 3.05) is 0 Å². The molecular weight excluding hydrogens is 694 g/mol. The average Bonchev–Trinajstić information content (AvgIpc) is 3.48. The zero-order valence-electron chi connectivity index (χ0n) is 25.9. The molecule has 1 aliphatic rings. The van der Waals surface area contributed by atoms with E-state index in [4.69, 9.17) is 0 Å². The van der Waals surface area contributed by atoms with Gasteiger partial charge in [0.05, 0.1) is 0 Å². The molecule has 0 aromatic heterocycles. The quantitative estimate of drug-likeness (QED) is 0.182. The van der Waals surface area contributed by atoms with Crippen molar-refractivity contribution in [2.45, 2.75) is 86.5 Å². The fourth-order valence-corrected chi connectivity index (χ4v) is 5.75. The Kier molecular flexibility index (Phi) is 13.6. The summed E-state index contributed by atoms with van der Waals surface area (Å²) in [6.45, 7) is 22.6. The molecule has 0 N–H and O–H groups in total. The van der Waals surface area contributed by atoms with E-state index in [-0.39, 0.29) is 35.6 Å². The number of fused-ring (bicyclic) bond motifs is 3. The Balaban J connectivity index is 0.000000389. The van der Waals surface area contributed by atoms with Gasteiger partial charge in [-0.05, 0) is 35.4 Å². The number of halogens is 2. The van der Waals surface area contributed by atoms with Crippen LogP contribution in [0.2, 0.25) is 0 Å². The van der Waals surface area contributed by atoms with Crippen molar-refractivity contribution < 1.29 is 48.7 Å². The molecule has 3 heteroatoms. The monoisotopic (exact) mass is 738 g/mol. The zero-order valence-corrected chi connectivity index (χ0v) is 31.0. The van der Waals surface area contributed by atoms with Gasteiger partial charge in [0, 0.05) is 0 Å². The van der Waals surface area contributed by atoms with Crippen LogP contribution < -0.4 is 24.8 Å². The van der Waals surface area contributed by atoms with E-state index in [1.54, 1.807) is 0 Å². The summed E-state index contributed by atoms with van der Waals surface area (Å²) in [5.74, 6) is 0. The maximum atomic E-state index is 3.69. The van der Waals surface area contributed by atoms with Gasteiger partial charge < -0.3 is 24.8 Å². The second-order valence-corrected chi connectivity index (χ2v) is 15.3. The topological polar surface area (TPSA) is 0 Å². The van der Waals surface area contributed by atoms with Gasteiger partial charge in [0.15, 0.2) is 0 Å². The number of aryl methyl sites for hydroxylation is 3. The molecule has 40 heavy (non-hydrogen) atoms. The standard InChI is InChI=1S/C23H29.C9H10.C5H5.2ClH.Hf/c1-14-9-16-11-17-10-15(2)21(23(6,7)8)13-19(17)18(16)12-20(14)22(3,4)5;1-3-9-6-4-8(2)5-7-9;1-2-4-5-3-1;;;/h9,12-13H,11H2,1-8H3;4-7H,1-2H3;1-5H;2*1H;/q-1;;-1;;;+2/p-2. The van der Waals surface area contributed by atoms with Crippen molar-refractivity contribution in [3.63, 3.8) is 0 Å². The van der Waals surface area contributed by atoms with Gasteiger partial charge in [-0.25, -0.2) is 12.1 Å². The first-order valence-corrected chi connectivity index (χ1v) is 15.5. The second kappa shape index (κ2) is 15.0. The average molecular weight is 738 g/mol. The Bertz CT molecular complexity index is 1300. The smallest absolute Gasteiger partial charge is 0.0129 e. The van der Waals surface area contributed by atoms with Gasteiger partial charge in [0.2, 0.25) is 0 Å². The van der Waals surface area contributed by atoms with Crippen molar-refractivity contribution in [3.05, 3.63) is 123 Å². The van der Waals surface area contributed by atoms with Gasteiger partial charge in [-0.15, -0.1) is 16.7 Å². The molecular formula is C37H44Cl2Hf-2. The zero-order chi connectivity index (χ0) is 28.3. The maximum Gasteiger partial charge on any atom is -0.0129 e. The predicted octanol–water partition coefficient (Wildman–Crippen LogP) is 3.77. The van der Waals surface area contributed by atoms with Crippen molar-refractivity contribution in [3.8, 4) is 11.1 Å². The fraction of sp³-hybridized carbons (Fsp3) is 0.351. The third-order valence-corrected chi connectivity index (χ3v) is 8.16. The number of rotatable bonds is 1. The molecule has 0 heterocycles. The molecule has 0 bridgehead atoms. The molecule has 0 spiro atoms. The summed E-state index contributed by atoms with van der Waals surface area (Å²) in [7, 11) is 0. The van der Waals surface area contributed by atoms with Gasteiger partial charge in [0.25, 0.3) is 0 Å². The van der Waals surface area contributed by atoms with Crippen LogP contribution in [0.25, 0.3) is 11.1 Å². The summed E-state index contributed by atoms with van der Waals surface area (Å²) < 4.78 is 1.51. The third kappa shape index (κ3) is 9.43. The minimum absolute atomic E-state index is 0. The van der Waals surface area contributed by atoms with E-state index in [0.29, 0.717) is 0 Å². The minimum atomic E-state index is 0. The predicted molar refractivity (Wildman–Crippen MR) is 163 cm³/mol. The molecule has 0 aliphatic heterocycles. The molecule has 212 valence electrons. The molecule has 0 saturated carbocycles. The molecule has 0 radical (unpaired) electrons. The van der Waals surface area contributed by atoms with E-state index in [2.05, 4.69) is 118 Å². The number of benzene rings is 3. The molecule has 0 fully saturated rings. The first kappa shape index (κ1) is 36.4. The van der Waals surface area contributed by atoms with Gasteiger partial charge in [-0.1, -0.05) is 71.6 Å². The fourth-order valence-electron chi connectivity index (χ4n) is 5.15. The summed E-state index contributed by atoms with van der Waals surface area (Å²) >= 11 is 1.17. The summed E-state index contributed by atoms with van der Waals surface area (Å²) in [6.07, 6.45) is 1.03. The van der Waals surface area contributed by atoms with E-state index >= 15 is 0 Å². The van der Waals surface area contributed by atoms with Gasteiger partial charge in [0.1, 0.15) is 0 Å². The van der Waals surface area contributed by atoms with Gasteiger partial charge >= 0.3 is 76.4 Å². The van der Waals surface area contributed by atoms with E-state index in [1.165, 1.54) is 82.8 Å². The summed E-state index contributed by atoms with van der Waals surface area (Å²) in [5.41, 5.74) is 14.3. The Labute approximate surface area is 271 Å². The van der Waals surface area contributed by atoms with E-state index in [9.17, 15) is 0 Å². The van der Waals surface area contributed by atoms with Crippen molar-refractivity contribution >= 4 is 3.26 Å². The Morgan fingerprint density at radius 2 is 1.30 bits per heavy atom. The molecule has 0 amide bonds. The molecule has 0 nitrogen and oxygen atoms in total. The Hall–Kier alpha value is -1.67. The van der Waals surface area contributed by atoms with Crippen LogP contribution in [0.4, 0.5) is 0 Å². The van der Waals surface area contributed by atoms with Crippen LogP contribution in [0.5, 0.6) is 0 Å². The van der Waals surface area contributed by atoms with E-state index in [0.717, 1.165) is 6.42 Å². The molecule has 1 aliphatic carbocycles. The van der Waals surface area contributed by atoms with Crippen molar-refractivity contribution in [1.29, 1.82) is 0 Å². The van der Waals surface area contributed by atoms with E-state index in [1.807, 2.05) is 30.3 Å². The van der Waals surface area contributed by atoms with Crippen LogP contribution in [0.1, 0.15) is 93.0 Å². The number of hydrogen-bond donors (Lipinski definition) is 0. The van der Waals surface area contributed by atoms with Crippen molar-refractivity contribution in [2.24, 2.45) is 0 Å². The summed E-state index contributed by atoms with van der Waals surface area (Å²) in [6, 6.07) is 29.7. The maximum absolute atomic E-state index is 3.69. The first-order chi connectivity index (χ1) is 17.7. The number of hydrogen-bond acceptors (Lipinski definition) is 0. The molecule has 0 saturated heterocycles. The van der Waals surface area contributed by atoms with Crippen LogP contribution in [0, 0.1) is 26.8 Å². The van der Waals surface area contributed by atoms with Crippen molar-refractivity contribution in [1.82, 2.24) is 0 Å². The third-order valence-electron chi connectivity index (χ3n) is 7.12. The largest absolute Gasteiger partial charge is 1.00 e. The van der Waals surface area contributed by atoms with E-state index < -0.39 is 0 Å². The molecule has 5 rings (SSSR count). The summed E-state index contributed by atoms with van der Waals surface area (Å²) in [4.78, 5) is 0. The molecule has 0 unspecified atom stereocenters. The molecule has 4 aromatic carbocycles. The minimum Gasteiger partial charge on any atom is -1.00 e. The SMILES string of the molecule is C[C](=[Hf+2])c1ccc(C)cc1.Cc1[c-]c2c(cc1C(C)(C)C)-c1cc(C(C)(C)C)c(C)cc1C2.[Cl-].[Cl-].c1cc[cH-]c1. The van der Waals surface area contributed by atoms with Gasteiger partial charge in [-0.2, -0.15) is 35.9 Å².